The molecule has 0 bridgehead atoms. The summed E-state index contributed by atoms with van der Waals surface area (Å²) in [5, 5.41) is 0. The number of nitrogens with one attached hydrogen (secondary N) is 1. The molecule has 1 saturated heterocycles. The van der Waals surface area contributed by atoms with Crippen LogP contribution in [0.2, 0.25) is 0 Å². The van der Waals surface area contributed by atoms with Crippen LogP contribution in [0, 0.1) is 5.92 Å². The summed E-state index contributed by atoms with van der Waals surface area (Å²) in [6, 6.07) is 13.4. The lowest BCUT2D eigenvalue weighted by molar-refractivity contribution is -0.858. The first-order chi connectivity index (χ1) is 13.0. The quantitative estimate of drug-likeness (QED) is 0.442. The zero-order valence-corrected chi connectivity index (χ0v) is 15.6. The zero-order chi connectivity index (χ0) is 19.4. The van der Waals surface area contributed by atoms with Gasteiger partial charge in [0.15, 0.2) is 5.78 Å². The predicted octanol–water partition coefficient (Wildman–Crippen LogP) is 0.568. The number of aromatic nitrogens is 1. The van der Waals surface area contributed by atoms with Gasteiger partial charge in [0, 0.05) is 24.7 Å². The Hall–Kier alpha value is -2.86. The Morgan fingerprint density at radius 1 is 1.07 bits per heavy atom. The minimum absolute atomic E-state index is 0.328. The van der Waals surface area contributed by atoms with Crippen molar-refractivity contribution in [1.29, 1.82) is 0 Å². The molecular formula is C21H24N3O3+. The number of benzene rings is 1. The molecule has 3 rings (SSSR count). The third-order valence-corrected chi connectivity index (χ3v) is 4.81. The van der Waals surface area contributed by atoms with Crippen molar-refractivity contribution in [3.8, 4) is 0 Å². The van der Waals surface area contributed by atoms with Crippen LogP contribution < -0.4 is 4.90 Å². The van der Waals surface area contributed by atoms with E-state index in [1.807, 2.05) is 26.2 Å². The molecule has 2 heterocycles. The van der Waals surface area contributed by atoms with Crippen molar-refractivity contribution < 1.29 is 19.3 Å². The summed E-state index contributed by atoms with van der Waals surface area (Å²) in [6.07, 6.45) is 2.37. The number of Topliss-reactive ketones (excluding diaryl/α,β-unsaturated/α-hetero) is 2. The fourth-order valence-electron chi connectivity index (χ4n) is 3.49. The van der Waals surface area contributed by atoms with E-state index in [9.17, 15) is 14.4 Å². The van der Waals surface area contributed by atoms with Crippen LogP contribution in [0.3, 0.4) is 0 Å². The Kier molecular flexibility index (Phi) is 5.76. The SMILES string of the molecule is C[NH+](C)CCCN1C(=O)C(=O)C(C(=O)c2ccccc2)C1c1ccccn1. The molecule has 1 aromatic carbocycles. The van der Waals surface area contributed by atoms with Crippen LogP contribution in [0.4, 0.5) is 0 Å². The normalized spacial score (nSPS) is 19.7. The fourth-order valence-corrected chi connectivity index (χ4v) is 3.49. The molecule has 0 radical (unpaired) electrons. The molecule has 1 aliphatic heterocycles. The second-order valence-corrected chi connectivity index (χ2v) is 7.08. The second-order valence-electron chi connectivity index (χ2n) is 7.08. The summed E-state index contributed by atoms with van der Waals surface area (Å²) in [6.45, 7) is 1.29. The van der Waals surface area contributed by atoms with Crippen molar-refractivity contribution in [2.75, 3.05) is 27.2 Å². The maximum Gasteiger partial charge on any atom is 0.291 e. The molecule has 140 valence electrons. The van der Waals surface area contributed by atoms with E-state index in [1.54, 1.807) is 42.6 Å². The third-order valence-electron chi connectivity index (χ3n) is 4.81. The molecule has 1 amide bonds. The lowest BCUT2D eigenvalue weighted by Gasteiger charge is -2.26. The highest BCUT2D eigenvalue weighted by Crippen LogP contribution is 2.37. The van der Waals surface area contributed by atoms with Crippen molar-refractivity contribution in [1.82, 2.24) is 9.88 Å². The van der Waals surface area contributed by atoms with Gasteiger partial charge >= 0.3 is 0 Å². The molecule has 2 atom stereocenters. The first kappa shape index (κ1) is 18.9. The number of hydrogen-bond donors (Lipinski definition) is 1. The smallest absolute Gasteiger partial charge is 0.291 e. The number of likely N-dealkylation sites (tertiary alicyclic amines) is 1. The van der Waals surface area contributed by atoms with Gasteiger partial charge in [0.05, 0.1) is 32.4 Å². The number of pyridine rings is 1. The van der Waals surface area contributed by atoms with Gasteiger partial charge < -0.3 is 9.80 Å². The Balaban J connectivity index is 1.96. The van der Waals surface area contributed by atoms with Crippen molar-refractivity contribution in [2.45, 2.75) is 12.5 Å². The van der Waals surface area contributed by atoms with Crippen molar-refractivity contribution in [3.05, 3.63) is 66.0 Å². The molecule has 27 heavy (non-hydrogen) atoms. The topological polar surface area (TPSA) is 71.8 Å². The molecule has 1 fully saturated rings. The molecule has 1 aromatic heterocycles. The van der Waals surface area contributed by atoms with Gasteiger partial charge in [-0.3, -0.25) is 19.4 Å². The number of nitrogens with zero attached hydrogens (tertiary/aromatic N) is 2. The molecule has 1 aliphatic rings. The van der Waals surface area contributed by atoms with Gasteiger partial charge in [0.25, 0.3) is 5.91 Å². The van der Waals surface area contributed by atoms with E-state index in [0.717, 1.165) is 13.0 Å². The number of carbonyl (C=O) groups is 3. The minimum Gasteiger partial charge on any atom is -0.340 e. The summed E-state index contributed by atoms with van der Waals surface area (Å²) in [5.74, 6) is -2.61. The predicted molar refractivity (Wildman–Crippen MR) is 100 cm³/mol. The number of hydrogen-bond acceptors (Lipinski definition) is 4. The van der Waals surface area contributed by atoms with Gasteiger partial charge in [-0.25, -0.2) is 0 Å². The number of amides is 1. The molecule has 0 spiro atoms. The van der Waals surface area contributed by atoms with Crippen LogP contribution in [-0.2, 0) is 9.59 Å². The molecule has 2 aromatic rings. The summed E-state index contributed by atoms with van der Waals surface area (Å²) in [7, 11) is 4.07. The Bertz CT molecular complexity index is 821. The number of quaternary nitrogens is 1. The Labute approximate surface area is 158 Å². The van der Waals surface area contributed by atoms with Crippen LogP contribution in [0.15, 0.2) is 54.7 Å². The van der Waals surface area contributed by atoms with Crippen LogP contribution in [0.1, 0.15) is 28.5 Å². The third kappa shape index (κ3) is 3.95. The molecular weight excluding hydrogens is 342 g/mol. The summed E-state index contributed by atoms with van der Waals surface area (Å²) >= 11 is 0. The zero-order valence-electron chi connectivity index (χ0n) is 15.6. The molecule has 2 unspecified atom stereocenters. The van der Waals surface area contributed by atoms with Gasteiger partial charge in [-0.15, -0.1) is 0 Å². The molecule has 0 aliphatic carbocycles. The highest BCUT2D eigenvalue weighted by atomic mass is 16.2. The standard InChI is InChI=1S/C21H23N3O3/c1-23(2)13-8-14-24-18(16-11-6-7-12-22-16)17(20(26)21(24)27)19(25)15-9-4-3-5-10-15/h3-7,9-12,17-18H,8,13-14H2,1-2H3/p+1. The van der Waals surface area contributed by atoms with Gasteiger partial charge in [0.2, 0.25) is 5.78 Å². The second kappa shape index (κ2) is 8.22. The highest BCUT2D eigenvalue weighted by molar-refractivity contribution is 6.44. The van der Waals surface area contributed by atoms with Crippen molar-refractivity contribution in [2.24, 2.45) is 5.92 Å². The fraction of sp³-hybridized carbons (Fsp3) is 0.333. The van der Waals surface area contributed by atoms with Gasteiger partial charge in [-0.05, 0) is 12.1 Å². The monoisotopic (exact) mass is 366 g/mol. The first-order valence-electron chi connectivity index (χ1n) is 9.14. The van der Waals surface area contributed by atoms with E-state index in [0.29, 0.717) is 17.8 Å². The van der Waals surface area contributed by atoms with Gasteiger partial charge in [0.1, 0.15) is 5.92 Å². The lowest BCUT2D eigenvalue weighted by atomic mass is 9.88. The largest absolute Gasteiger partial charge is 0.340 e. The van der Waals surface area contributed by atoms with Crippen LogP contribution in [0.5, 0.6) is 0 Å². The highest BCUT2D eigenvalue weighted by Gasteiger charge is 2.51. The Morgan fingerprint density at radius 2 is 1.78 bits per heavy atom. The van der Waals surface area contributed by atoms with E-state index in [2.05, 4.69) is 4.98 Å². The Morgan fingerprint density at radius 3 is 2.41 bits per heavy atom. The van der Waals surface area contributed by atoms with E-state index in [-0.39, 0.29) is 5.78 Å². The summed E-state index contributed by atoms with van der Waals surface area (Å²) in [4.78, 5) is 45.7. The molecule has 6 heteroatoms. The van der Waals surface area contributed by atoms with Gasteiger partial charge in [-0.1, -0.05) is 36.4 Å². The van der Waals surface area contributed by atoms with E-state index in [4.69, 9.17) is 0 Å². The first-order valence-corrected chi connectivity index (χ1v) is 9.14. The number of rotatable bonds is 7. The maximum absolute atomic E-state index is 13.1. The average molecular weight is 366 g/mol. The van der Waals surface area contributed by atoms with Crippen molar-refractivity contribution in [3.63, 3.8) is 0 Å². The summed E-state index contributed by atoms with van der Waals surface area (Å²) in [5.41, 5.74) is 1.01. The maximum atomic E-state index is 13.1. The number of ketones is 2. The van der Waals surface area contributed by atoms with Crippen LogP contribution in [-0.4, -0.2) is 54.5 Å². The van der Waals surface area contributed by atoms with Gasteiger partial charge in [-0.2, -0.15) is 0 Å². The molecule has 0 saturated carbocycles. The van der Waals surface area contributed by atoms with E-state index in [1.165, 1.54) is 9.80 Å². The van der Waals surface area contributed by atoms with Crippen molar-refractivity contribution >= 4 is 17.5 Å². The van der Waals surface area contributed by atoms with E-state index >= 15 is 0 Å². The average Bonchev–Trinajstić information content (AvgIpc) is 2.93. The van der Waals surface area contributed by atoms with E-state index < -0.39 is 23.7 Å². The summed E-state index contributed by atoms with van der Waals surface area (Å²) < 4.78 is 0. The molecule has 6 nitrogen and oxygen atoms in total. The minimum atomic E-state index is -1.05. The lowest BCUT2D eigenvalue weighted by Crippen LogP contribution is -3.05. The van der Waals surface area contributed by atoms with Crippen LogP contribution >= 0.6 is 0 Å². The number of carbonyl (C=O) groups excluding carboxylic acids is 3. The molecule has 1 N–H and O–H groups in total. The van der Waals surface area contributed by atoms with Crippen LogP contribution in [0.25, 0.3) is 0 Å².